The van der Waals surface area contributed by atoms with E-state index in [9.17, 15) is 0 Å². The molecule has 1 fully saturated rings. The van der Waals surface area contributed by atoms with Gasteiger partial charge in [-0.2, -0.15) is 0 Å². The normalized spacial score (nSPS) is 25.1. The van der Waals surface area contributed by atoms with Crippen LogP contribution in [-0.4, -0.2) is 12.6 Å². The zero-order chi connectivity index (χ0) is 11.0. The van der Waals surface area contributed by atoms with Crippen molar-refractivity contribution in [1.82, 2.24) is 0 Å². The van der Waals surface area contributed by atoms with Crippen LogP contribution in [-0.2, 0) is 4.74 Å². The van der Waals surface area contributed by atoms with E-state index in [1.54, 1.807) is 0 Å². The zero-order valence-electron chi connectivity index (χ0n) is 9.10. The Balaban J connectivity index is 2.04. The molecule has 82 valence electrons. The minimum atomic E-state index is 0.0737. The van der Waals surface area contributed by atoms with Crippen molar-refractivity contribution in [2.75, 3.05) is 6.61 Å². The van der Waals surface area contributed by atoms with Crippen molar-refractivity contribution in [2.24, 2.45) is 5.73 Å². The maximum absolute atomic E-state index is 6.03. The summed E-state index contributed by atoms with van der Waals surface area (Å²) >= 11 is 0. The Kier molecular flexibility index (Phi) is 2.39. The predicted molar refractivity (Wildman–Crippen MR) is 65.2 cm³/mol. The third-order valence-electron chi connectivity index (χ3n) is 3.24. The third kappa shape index (κ3) is 1.60. The van der Waals surface area contributed by atoms with Crippen LogP contribution in [0.4, 0.5) is 0 Å². The maximum atomic E-state index is 6.03. The molecule has 1 aliphatic rings. The van der Waals surface area contributed by atoms with Gasteiger partial charge in [-0.15, -0.1) is 0 Å². The second kappa shape index (κ2) is 3.89. The van der Waals surface area contributed by atoms with Gasteiger partial charge in [0.15, 0.2) is 0 Å². The maximum Gasteiger partial charge on any atom is 0.0976 e. The van der Waals surface area contributed by atoms with Crippen molar-refractivity contribution in [3.05, 3.63) is 48.0 Å². The van der Waals surface area contributed by atoms with Crippen LogP contribution < -0.4 is 5.73 Å². The number of nitrogens with two attached hydrogens (primary N) is 1. The molecule has 1 aliphatic heterocycles. The molecule has 2 unspecified atom stereocenters. The lowest BCUT2D eigenvalue weighted by molar-refractivity contribution is 0.105. The van der Waals surface area contributed by atoms with Crippen LogP contribution in [0, 0.1) is 0 Å². The van der Waals surface area contributed by atoms with Crippen molar-refractivity contribution < 1.29 is 4.74 Å². The van der Waals surface area contributed by atoms with E-state index in [1.165, 1.54) is 16.3 Å². The molecule has 2 aromatic rings. The van der Waals surface area contributed by atoms with E-state index in [2.05, 4.69) is 42.5 Å². The number of hydrogen-bond acceptors (Lipinski definition) is 2. The van der Waals surface area contributed by atoms with Crippen molar-refractivity contribution >= 4 is 10.8 Å². The van der Waals surface area contributed by atoms with Gasteiger partial charge in [-0.25, -0.2) is 0 Å². The molecule has 0 aliphatic carbocycles. The molecule has 2 heteroatoms. The summed E-state index contributed by atoms with van der Waals surface area (Å²) in [6.45, 7) is 0.776. The first-order chi connectivity index (χ1) is 7.84. The SMILES string of the molecule is NC1CCOC1c1ccc2ccccc2c1. The molecule has 0 aromatic heterocycles. The van der Waals surface area contributed by atoms with E-state index < -0.39 is 0 Å². The summed E-state index contributed by atoms with van der Waals surface area (Å²) in [5, 5.41) is 2.51. The minimum Gasteiger partial charge on any atom is -0.372 e. The van der Waals surface area contributed by atoms with Crippen LogP contribution in [0.5, 0.6) is 0 Å². The Morgan fingerprint density at radius 1 is 1.06 bits per heavy atom. The average molecular weight is 213 g/mol. The van der Waals surface area contributed by atoms with Crippen LogP contribution >= 0.6 is 0 Å². The Bertz CT molecular complexity index is 509. The van der Waals surface area contributed by atoms with Gasteiger partial charge in [0.2, 0.25) is 0 Å². The van der Waals surface area contributed by atoms with E-state index >= 15 is 0 Å². The number of rotatable bonds is 1. The van der Waals surface area contributed by atoms with Crippen molar-refractivity contribution in [2.45, 2.75) is 18.6 Å². The highest BCUT2D eigenvalue weighted by Crippen LogP contribution is 2.29. The molecule has 0 saturated carbocycles. The molecule has 1 saturated heterocycles. The number of hydrogen-bond donors (Lipinski definition) is 1. The fourth-order valence-electron chi connectivity index (χ4n) is 2.33. The highest BCUT2D eigenvalue weighted by atomic mass is 16.5. The van der Waals surface area contributed by atoms with Gasteiger partial charge in [0.1, 0.15) is 0 Å². The second-order valence-corrected chi connectivity index (χ2v) is 4.35. The first-order valence-electron chi connectivity index (χ1n) is 5.70. The predicted octanol–water partition coefficient (Wildman–Crippen LogP) is 2.63. The van der Waals surface area contributed by atoms with Crippen molar-refractivity contribution in [3.8, 4) is 0 Å². The molecular weight excluding hydrogens is 198 g/mol. The van der Waals surface area contributed by atoms with Gasteiger partial charge < -0.3 is 10.5 Å². The van der Waals surface area contributed by atoms with Crippen LogP contribution in [0.15, 0.2) is 42.5 Å². The fourth-order valence-corrected chi connectivity index (χ4v) is 2.33. The summed E-state index contributed by atoms with van der Waals surface area (Å²) in [6, 6.07) is 14.9. The van der Waals surface area contributed by atoms with Gasteiger partial charge >= 0.3 is 0 Å². The molecule has 2 nitrogen and oxygen atoms in total. The molecule has 1 heterocycles. The number of ether oxygens (including phenoxy) is 1. The molecule has 0 radical (unpaired) electrons. The summed E-state index contributed by atoms with van der Waals surface area (Å²) in [5.74, 6) is 0. The Morgan fingerprint density at radius 2 is 1.88 bits per heavy atom. The lowest BCUT2D eigenvalue weighted by Crippen LogP contribution is -2.23. The van der Waals surface area contributed by atoms with Crippen LogP contribution in [0.2, 0.25) is 0 Å². The van der Waals surface area contributed by atoms with E-state index in [0.717, 1.165) is 13.0 Å². The fraction of sp³-hybridized carbons (Fsp3) is 0.286. The molecule has 0 spiro atoms. The van der Waals surface area contributed by atoms with Crippen molar-refractivity contribution in [3.63, 3.8) is 0 Å². The Hall–Kier alpha value is -1.38. The lowest BCUT2D eigenvalue weighted by Gasteiger charge is -2.15. The molecule has 16 heavy (non-hydrogen) atoms. The van der Waals surface area contributed by atoms with Gasteiger partial charge in [-0.05, 0) is 28.8 Å². The molecule has 2 atom stereocenters. The van der Waals surface area contributed by atoms with Gasteiger partial charge in [0, 0.05) is 12.6 Å². The van der Waals surface area contributed by atoms with E-state index in [4.69, 9.17) is 10.5 Å². The van der Waals surface area contributed by atoms with Gasteiger partial charge in [-0.1, -0.05) is 36.4 Å². The Labute approximate surface area is 95.0 Å². The molecule has 2 N–H and O–H groups in total. The second-order valence-electron chi connectivity index (χ2n) is 4.35. The lowest BCUT2D eigenvalue weighted by atomic mass is 9.99. The molecule has 0 amide bonds. The summed E-state index contributed by atoms with van der Waals surface area (Å²) in [5.41, 5.74) is 7.23. The van der Waals surface area contributed by atoms with Crippen LogP contribution in [0.3, 0.4) is 0 Å². The minimum absolute atomic E-state index is 0.0737. The zero-order valence-corrected chi connectivity index (χ0v) is 9.10. The molecule has 2 aromatic carbocycles. The highest BCUT2D eigenvalue weighted by molar-refractivity contribution is 5.83. The molecular formula is C14H15NO. The standard InChI is InChI=1S/C14H15NO/c15-13-7-8-16-14(13)12-6-5-10-3-1-2-4-11(10)9-12/h1-6,9,13-14H,7-8,15H2. The van der Waals surface area contributed by atoms with E-state index in [1.807, 2.05) is 0 Å². The molecule has 0 bridgehead atoms. The summed E-state index contributed by atoms with van der Waals surface area (Å²) in [4.78, 5) is 0. The summed E-state index contributed by atoms with van der Waals surface area (Å²) in [6.07, 6.45) is 1.03. The Morgan fingerprint density at radius 3 is 2.62 bits per heavy atom. The summed E-state index contributed by atoms with van der Waals surface area (Å²) in [7, 11) is 0. The van der Waals surface area contributed by atoms with Gasteiger partial charge in [0.05, 0.1) is 6.10 Å². The van der Waals surface area contributed by atoms with Gasteiger partial charge in [0.25, 0.3) is 0 Å². The topological polar surface area (TPSA) is 35.2 Å². The molecule has 3 rings (SSSR count). The first-order valence-corrected chi connectivity index (χ1v) is 5.70. The number of benzene rings is 2. The largest absolute Gasteiger partial charge is 0.372 e. The smallest absolute Gasteiger partial charge is 0.0976 e. The monoisotopic (exact) mass is 213 g/mol. The van der Waals surface area contributed by atoms with Crippen molar-refractivity contribution in [1.29, 1.82) is 0 Å². The van der Waals surface area contributed by atoms with Crippen LogP contribution in [0.1, 0.15) is 18.1 Å². The highest BCUT2D eigenvalue weighted by Gasteiger charge is 2.26. The van der Waals surface area contributed by atoms with E-state index in [-0.39, 0.29) is 12.1 Å². The summed E-state index contributed by atoms with van der Waals surface area (Å²) < 4.78 is 5.68. The van der Waals surface area contributed by atoms with Crippen LogP contribution in [0.25, 0.3) is 10.8 Å². The van der Waals surface area contributed by atoms with Gasteiger partial charge in [-0.3, -0.25) is 0 Å². The third-order valence-corrected chi connectivity index (χ3v) is 3.24. The average Bonchev–Trinajstić information content (AvgIpc) is 2.75. The number of fused-ring (bicyclic) bond motifs is 1. The van der Waals surface area contributed by atoms with E-state index in [0.29, 0.717) is 0 Å². The first kappa shape index (κ1) is 9.82. The quantitative estimate of drug-likeness (QED) is 0.790.